The minimum Gasteiger partial charge on any atom is -0.384 e. The number of benzene rings is 2. The van der Waals surface area contributed by atoms with Gasteiger partial charge in [0.2, 0.25) is 0 Å². The first-order valence-corrected chi connectivity index (χ1v) is 10.6. The molecule has 0 saturated heterocycles. The Balaban J connectivity index is 0.00000480. The molecular weight excluding hydrogens is 503 g/mol. The molecule has 6 nitrogen and oxygen atoms in total. The van der Waals surface area contributed by atoms with Crippen LogP contribution in [0.5, 0.6) is 0 Å². The van der Waals surface area contributed by atoms with Crippen LogP contribution in [0.1, 0.15) is 55.6 Å². The molecule has 2 aromatic rings. The molecule has 170 valence electrons. The van der Waals surface area contributed by atoms with E-state index < -0.39 is 5.60 Å². The second-order valence-electron chi connectivity index (χ2n) is 7.67. The van der Waals surface area contributed by atoms with Crippen LogP contribution in [0.25, 0.3) is 0 Å². The summed E-state index contributed by atoms with van der Waals surface area (Å²) in [6.07, 6.45) is 0.899. The number of aliphatic hydroxyl groups is 1. The maximum Gasteiger partial charge on any atom is 0.251 e. The zero-order valence-electron chi connectivity index (χ0n) is 18.8. The first kappa shape index (κ1) is 26.9. The molecule has 2 atom stereocenters. The molecule has 0 heterocycles. The van der Waals surface area contributed by atoms with E-state index in [9.17, 15) is 9.90 Å². The van der Waals surface area contributed by atoms with E-state index in [2.05, 4.69) is 20.9 Å². The fourth-order valence-electron chi connectivity index (χ4n) is 2.84. The highest BCUT2D eigenvalue weighted by molar-refractivity contribution is 14.0. The van der Waals surface area contributed by atoms with E-state index >= 15 is 0 Å². The fourth-order valence-corrected chi connectivity index (χ4v) is 2.84. The van der Waals surface area contributed by atoms with Crippen molar-refractivity contribution in [1.29, 1.82) is 0 Å². The molecule has 0 aliphatic carbocycles. The van der Waals surface area contributed by atoms with Gasteiger partial charge >= 0.3 is 0 Å². The molecule has 4 N–H and O–H groups in total. The lowest BCUT2D eigenvalue weighted by molar-refractivity contribution is 0.0617. The number of nitrogens with one attached hydrogen (secondary N) is 3. The molecule has 0 bridgehead atoms. The van der Waals surface area contributed by atoms with Crippen molar-refractivity contribution in [3.63, 3.8) is 0 Å². The van der Waals surface area contributed by atoms with Gasteiger partial charge in [0, 0.05) is 18.2 Å². The molecule has 0 saturated carbocycles. The molecule has 7 heteroatoms. The Morgan fingerprint density at radius 1 is 1.06 bits per heavy atom. The number of guanidine groups is 1. The van der Waals surface area contributed by atoms with Crippen LogP contribution < -0.4 is 16.0 Å². The van der Waals surface area contributed by atoms with E-state index in [0.717, 1.165) is 17.5 Å². The van der Waals surface area contributed by atoms with Crippen molar-refractivity contribution in [2.24, 2.45) is 4.99 Å². The third-order valence-electron chi connectivity index (χ3n) is 4.97. The summed E-state index contributed by atoms with van der Waals surface area (Å²) in [5.41, 5.74) is 1.48. The van der Waals surface area contributed by atoms with E-state index in [0.29, 0.717) is 31.2 Å². The van der Waals surface area contributed by atoms with Gasteiger partial charge in [-0.05, 0) is 50.5 Å². The molecule has 0 aliphatic rings. The average molecular weight is 538 g/mol. The Morgan fingerprint density at radius 3 is 2.29 bits per heavy atom. The largest absolute Gasteiger partial charge is 0.384 e. The van der Waals surface area contributed by atoms with E-state index in [1.165, 1.54) is 0 Å². The Hall–Kier alpha value is -2.13. The SMILES string of the molecule is CCNC(=NCc1ccc(C(=O)NC(C)CC)cc1)NCC(C)(O)c1ccccc1.I. The van der Waals surface area contributed by atoms with Crippen molar-refractivity contribution in [2.45, 2.75) is 52.3 Å². The molecule has 2 aromatic carbocycles. The lowest BCUT2D eigenvalue weighted by Crippen LogP contribution is -2.44. The number of aliphatic imine (C=N–C) groups is 1. The van der Waals surface area contributed by atoms with Crippen LogP contribution in [-0.4, -0.2) is 36.1 Å². The molecular formula is C24H35IN4O2. The maximum atomic E-state index is 12.2. The first-order chi connectivity index (χ1) is 14.4. The van der Waals surface area contributed by atoms with Crippen LogP contribution in [0.3, 0.4) is 0 Å². The minimum absolute atomic E-state index is 0. The zero-order valence-corrected chi connectivity index (χ0v) is 21.1. The summed E-state index contributed by atoms with van der Waals surface area (Å²) >= 11 is 0. The van der Waals surface area contributed by atoms with Gasteiger partial charge in [-0.25, -0.2) is 4.99 Å². The van der Waals surface area contributed by atoms with E-state index in [4.69, 9.17) is 0 Å². The predicted molar refractivity (Wildman–Crippen MR) is 138 cm³/mol. The highest BCUT2D eigenvalue weighted by Gasteiger charge is 2.22. The van der Waals surface area contributed by atoms with Crippen LogP contribution in [0.15, 0.2) is 59.6 Å². The Kier molecular flexibility index (Phi) is 11.6. The Morgan fingerprint density at radius 2 is 1.71 bits per heavy atom. The van der Waals surface area contributed by atoms with Crippen LogP contribution in [-0.2, 0) is 12.1 Å². The highest BCUT2D eigenvalue weighted by atomic mass is 127. The van der Waals surface area contributed by atoms with Crippen molar-refractivity contribution in [1.82, 2.24) is 16.0 Å². The normalized spacial score (nSPS) is 14.0. The minimum atomic E-state index is -1.01. The van der Waals surface area contributed by atoms with Crippen LogP contribution in [0.2, 0.25) is 0 Å². The highest BCUT2D eigenvalue weighted by Crippen LogP contribution is 2.18. The van der Waals surface area contributed by atoms with Crippen LogP contribution >= 0.6 is 24.0 Å². The molecule has 31 heavy (non-hydrogen) atoms. The molecule has 0 spiro atoms. The number of carbonyl (C=O) groups excluding carboxylic acids is 1. The number of carbonyl (C=O) groups is 1. The zero-order chi connectivity index (χ0) is 22.0. The van der Waals surface area contributed by atoms with Gasteiger partial charge in [-0.15, -0.1) is 24.0 Å². The van der Waals surface area contributed by atoms with E-state index in [1.807, 2.05) is 75.4 Å². The lowest BCUT2D eigenvalue weighted by atomic mass is 9.96. The molecule has 0 fully saturated rings. The summed E-state index contributed by atoms with van der Waals surface area (Å²) in [5.74, 6) is 0.574. The monoisotopic (exact) mass is 538 g/mol. The number of hydrogen-bond donors (Lipinski definition) is 4. The van der Waals surface area contributed by atoms with Gasteiger partial charge in [-0.2, -0.15) is 0 Å². The van der Waals surface area contributed by atoms with Gasteiger partial charge in [0.25, 0.3) is 5.91 Å². The number of nitrogens with zero attached hydrogens (tertiary/aromatic N) is 1. The summed E-state index contributed by atoms with van der Waals surface area (Å²) in [5, 5.41) is 20.1. The van der Waals surface area contributed by atoms with Gasteiger partial charge in [0.15, 0.2) is 5.96 Å². The number of halogens is 1. The Labute approximate surface area is 203 Å². The predicted octanol–water partition coefficient (Wildman–Crippen LogP) is 3.80. The Bertz CT molecular complexity index is 823. The van der Waals surface area contributed by atoms with Crippen molar-refractivity contribution < 1.29 is 9.90 Å². The fraction of sp³-hybridized carbons (Fsp3) is 0.417. The van der Waals surface area contributed by atoms with Gasteiger partial charge in [0.05, 0.1) is 13.1 Å². The quantitative estimate of drug-likeness (QED) is 0.222. The van der Waals surface area contributed by atoms with Crippen LogP contribution in [0.4, 0.5) is 0 Å². The molecule has 2 unspecified atom stereocenters. The molecule has 2 rings (SSSR count). The van der Waals surface area contributed by atoms with Crippen molar-refractivity contribution >= 4 is 35.8 Å². The van der Waals surface area contributed by atoms with Crippen molar-refractivity contribution in [2.75, 3.05) is 13.1 Å². The third-order valence-corrected chi connectivity index (χ3v) is 4.97. The van der Waals surface area contributed by atoms with Crippen molar-refractivity contribution in [3.8, 4) is 0 Å². The third kappa shape index (κ3) is 8.86. The number of hydrogen-bond acceptors (Lipinski definition) is 3. The van der Waals surface area contributed by atoms with Crippen molar-refractivity contribution in [3.05, 3.63) is 71.3 Å². The molecule has 0 radical (unpaired) electrons. The van der Waals surface area contributed by atoms with E-state index in [-0.39, 0.29) is 35.9 Å². The molecule has 0 aromatic heterocycles. The standard InChI is InChI=1S/C24H34N4O2.HI/c1-5-18(3)28-22(29)20-14-12-19(13-15-20)16-26-23(25-6-2)27-17-24(4,30)21-10-8-7-9-11-21;/h7-15,18,30H,5-6,16-17H2,1-4H3,(H,28,29)(H2,25,26,27);1H. The van der Waals surface area contributed by atoms with Gasteiger partial charge in [-0.1, -0.05) is 49.4 Å². The van der Waals surface area contributed by atoms with E-state index in [1.54, 1.807) is 6.92 Å². The second kappa shape index (κ2) is 13.3. The summed E-state index contributed by atoms with van der Waals surface area (Å²) < 4.78 is 0. The second-order valence-corrected chi connectivity index (χ2v) is 7.67. The first-order valence-electron chi connectivity index (χ1n) is 10.6. The number of amides is 1. The summed E-state index contributed by atoms with van der Waals surface area (Å²) in [6.45, 7) is 9.33. The van der Waals surface area contributed by atoms with Gasteiger partial charge in [0.1, 0.15) is 5.60 Å². The van der Waals surface area contributed by atoms with Crippen LogP contribution in [0, 0.1) is 0 Å². The summed E-state index contributed by atoms with van der Waals surface area (Å²) in [6, 6.07) is 17.2. The maximum absolute atomic E-state index is 12.2. The smallest absolute Gasteiger partial charge is 0.251 e. The number of rotatable bonds is 9. The summed E-state index contributed by atoms with van der Waals surface area (Å²) in [4.78, 5) is 16.8. The topological polar surface area (TPSA) is 85.8 Å². The van der Waals surface area contributed by atoms with Gasteiger partial charge in [-0.3, -0.25) is 4.79 Å². The molecule has 0 aliphatic heterocycles. The van der Waals surface area contributed by atoms with Gasteiger partial charge < -0.3 is 21.1 Å². The lowest BCUT2D eigenvalue weighted by Gasteiger charge is -2.25. The average Bonchev–Trinajstić information content (AvgIpc) is 2.76. The molecule has 1 amide bonds. The summed E-state index contributed by atoms with van der Waals surface area (Å²) in [7, 11) is 0.